The maximum atomic E-state index is 14.2. The lowest BCUT2D eigenvalue weighted by atomic mass is 9.94. The molecule has 0 fully saturated rings. The fourth-order valence-corrected chi connectivity index (χ4v) is 6.23. The van der Waals surface area contributed by atoms with E-state index in [0.29, 0.717) is 33.8 Å². The Labute approximate surface area is 322 Å². The molecule has 3 N–H and O–H groups in total. The average Bonchev–Trinajstić information content (AvgIpc) is 3.49. The van der Waals surface area contributed by atoms with Crippen LogP contribution in [0, 0.1) is 26.0 Å². The molecule has 0 saturated carbocycles. The monoisotopic (exact) mass is 780 g/mol. The highest BCUT2D eigenvalue weighted by Crippen LogP contribution is 2.42. The van der Waals surface area contributed by atoms with E-state index < -0.39 is 59.4 Å². The van der Waals surface area contributed by atoms with Crippen LogP contribution in [0.5, 0.6) is 0 Å². The number of amides is 1. The number of esters is 1. The minimum atomic E-state index is -1.42. The fraction of sp³-hybridized carbons (Fsp3) is 0.385. The van der Waals surface area contributed by atoms with E-state index in [1.165, 1.54) is 19.1 Å². The molecule has 1 heterocycles. The van der Waals surface area contributed by atoms with Gasteiger partial charge in [0.1, 0.15) is 18.5 Å². The Morgan fingerprint density at radius 1 is 0.839 bits per heavy atom. The first-order valence-corrected chi connectivity index (χ1v) is 17.9. The van der Waals surface area contributed by atoms with E-state index in [9.17, 15) is 44.4 Å². The second-order valence-electron chi connectivity index (χ2n) is 13.2. The smallest absolute Gasteiger partial charge is 0.308 e. The van der Waals surface area contributed by atoms with E-state index >= 15 is 0 Å². The minimum absolute atomic E-state index is 0.114. The third kappa shape index (κ3) is 12.3. The van der Waals surface area contributed by atoms with Crippen molar-refractivity contribution < 1.29 is 53.5 Å². The van der Waals surface area contributed by atoms with Crippen molar-refractivity contribution in [2.45, 2.75) is 76.9 Å². The van der Waals surface area contributed by atoms with Gasteiger partial charge in [-0.1, -0.05) is 62.4 Å². The van der Waals surface area contributed by atoms with Crippen LogP contribution in [0.2, 0.25) is 0 Å². The molecule has 0 spiro atoms. The predicted molar refractivity (Wildman–Crippen MR) is 201 cm³/mol. The number of carbonyl (C=O) groups is 2. The minimum Gasteiger partial charge on any atom is -0.463 e. The van der Waals surface area contributed by atoms with Gasteiger partial charge in [0, 0.05) is 23.5 Å². The van der Waals surface area contributed by atoms with E-state index in [4.69, 9.17) is 9.47 Å². The fourth-order valence-electron chi connectivity index (χ4n) is 6.23. The van der Waals surface area contributed by atoms with Gasteiger partial charge in [-0.25, -0.2) is 4.39 Å². The lowest BCUT2D eigenvalue weighted by Crippen LogP contribution is -2.36. The third-order valence-electron chi connectivity index (χ3n) is 8.69. The molecule has 0 bridgehead atoms. The molecule has 4 aromatic rings. The van der Waals surface area contributed by atoms with Crippen LogP contribution in [0.1, 0.15) is 62.0 Å². The number of aliphatic hydroxyl groups is 2. The number of nitrogens with one attached hydrogen (secondary N) is 1. The van der Waals surface area contributed by atoms with Crippen LogP contribution in [0.15, 0.2) is 84.9 Å². The zero-order valence-electron chi connectivity index (χ0n) is 31.1. The number of anilines is 1. The Morgan fingerprint density at radius 2 is 1.46 bits per heavy atom. The molecule has 0 radical (unpaired) electrons. The molecule has 0 saturated heterocycles. The molecule has 300 valence electrons. The number of para-hydroxylation sites is 1. The summed E-state index contributed by atoms with van der Waals surface area (Å²) in [6.45, 7) is 4.27. The summed E-state index contributed by atoms with van der Waals surface area (Å²) < 4.78 is 26.4. The van der Waals surface area contributed by atoms with E-state index in [1.54, 1.807) is 24.3 Å². The summed E-state index contributed by atoms with van der Waals surface area (Å²) in [5.74, 6) is -1.76. The van der Waals surface area contributed by atoms with Crippen molar-refractivity contribution in [3.8, 4) is 22.4 Å². The topological polar surface area (TPSA) is 215 Å². The molecule has 3 aromatic carbocycles. The Balaban J connectivity index is 1.48. The molecule has 4 atom stereocenters. The van der Waals surface area contributed by atoms with Crippen molar-refractivity contribution in [2.24, 2.45) is 0 Å². The van der Waals surface area contributed by atoms with Gasteiger partial charge in [0.2, 0.25) is 0 Å². The zero-order chi connectivity index (χ0) is 40.8. The van der Waals surface area contributed by atoms with Crippen molar-refractivity contribution in [2.75, 3.05) is 25.1 Å². The SMILES string of the molecule is CC(C)c1c(C(=O)Nc2ccccc2)c(-c2ccccc2)c(-c2ccc(F)cc2)n1CC[C@@H](O)C[C@@H](O)CC(=O)OCCOCC(O[N+](=O)[O-])C(C)O[N+](=O)[O-]. The van der Waals surface area contributed by atoms with Gasteiger partial charge in [-0.05, 0) is 73.2 Å². The van der Waals surface area contributed by atoms with Gasteiger partial charge >= 0.3 is 5.97 Å². The number of hydrogen-bond donors (Lipinski definition) is 3. The van der Waals surface area contributed by atoms with E-state index in [1.807, 2.05) is 66.9 Å². The molecule has 1 aromatic heterocycles. The summed E-state index contributed by atoms with van der Waals surface area (Å²) in [6.07, 6.45) is -5.65. The first kappa shape index (κ1) is 42.8. The summed E-state index contributed by atoms with van der Waals surface area (Å²) in [5, 5.41) is 43.8. The van der Waals surface area contributed by atoms with Gasteiger partial charge < -0.3 is 39.2 Å². The third-order valence-corrected chi connectivity index (χ3v) is 8.69. The maximum Gasteiger partial charge on any atom is 0.308 e. The van der Waals surface area contributed by atoms with Gasteiger partial charge in [-0.15, -0.1) is 20.2 Å². The Morgan fingerprint density at radius 3 is 2.07 bits per heavy atom. The molecule has 17 heteroatoms. The normalized spacial score (nSPS) is 13.3. The molecule has 0 aliphatic heterocycles. The van der Waals surface area contributed by atoms with Crippen molar-refractivity contribution in [3.63, 3.8) is 0 Å². The van der Waals surface area contributed by atoms with Crippen LogP contribution in [-0.2, 0) is 30.5 Å². The molecule has 4 rings (SSSR count). The van der Waals surface area contributed by atoms with Gasteiger partial charge in [-0.2, -0.15) is 0 Å². The van der Waals surface area contributed by atoms with Crippen LogP contribution in [-0.4, -0.2) is 81.1 Å². The summed E-state index contributed by atoms with van der Waals surface area (Å²) in [7, 11) is 0. The van der Waals surface area contributed by atoms with Gasteiger partial charge in [0.25, 0.3) is 16.1 Å². The number of aromatic nitrogens is 1. The molecule has 16 nitrogen and oxygen atoms in total. The number of nitrogens with zero attached hydrogens (tertiary/aromatic N) is 3. The lowest BCUT2D eigenvalue weighted by molar-refractivity contribution is -0.798. The number of aliphatic hydroxyl groups excluding tert-OH is 2. The van der Waals surface area contributed by atoms with E-state index in [0.717, 1.165) is 5.56 Å². The van der Waals surface area contributed by atoms with Crippen LogP contribution in [0.4, 0.5) is 10.1 Å². The number of rotatable bonds is 22. The Bertz CT molecular complexity index is 1910. The maximum absolute atomic E-state index is 14.2. The van der Waals surface area contributed by atoms with Crippen LogP contribution < -0.4 is 5.32 Å². The van der Waals surface area contributed by atoms with Crippen LogP contribution in [0.3, 0.4) is 0 Å². The second-order valence-corrected chi connectivity index (χ2v) is 13.2. The number of halogens is 1. The summed E-state index contributed by atoms with van der Waals surface area (Å²) >= 11 is 0. The summed E-state index contributed by atoms with van der Waals surface area (Å²) in [4.78, 5) is 56.5. The van der Waals surface area contributed by atoms with E-state index in [-0.39, 0.29) is 44.4 Å². The molecular formula is C39H45FN4O12. The summed E-state index contributed by atoms with van der Waals surface area (Å²) in [5.41, 5.74) is 4.40. The molecular weight excluding hydrogens is 735 g/mol. The highest BCUT2D eigenvalue weighted by molar-refractivity contribution is 6.12. The van der Waals surface area contributed by atoms with Crippen LogP contribution >= 0.6 is 0 Å². The zero-order valence-corrected chi connectivity index (χ0v) is 31.1. The molecule has 56 heavy (non-hydrogen) atoms. The van der Waals surface area contributed by atoms with Gasteiger partial charge in [0.05, 0.1) is 43.1 Å². The number of ether oxygens (including phenoxy) is 2. The summed E-state index contributed by atoms with van der Waals surface area (Å²) in [6, 6.07) is 24.4. The van der Waals surface area contributed by atoms with Crippen molar-refractivity contribution in [1.29, 1.82) is 0 Å². The van der Waals surface area contributed by atoms with Gasteiger partial charge in [0.15, 0.2) is 6.10 Å². The number of carbonyl (C=O) groups excluding carboxylic acids is 2. The highest BCUT2D eigenvalue weighted by Gasteiger charge is 2.31. The van der Waals surface area contributed by atoms with Crippen molar-refractivity contribution >= 4 is 17.6 Å². The Hall–Kier alpha value is -5.91. The molecule has 2 unspecified atom stereocenters. The average molecular weight is 781 g/mol. The predicted octanol–water partition coefficient (Wildman–Crippen LogP) is 5.96. The number of hydrogen-bond acceptors (Lipinski definition) is 12. The quantitative estimate of drug-likeness (QED) is 0.0365. The molecule has 0 aliphatic rings. The lowest BCUT2D eigenvalue weighted by Gasteiger charge is -2.20. The largest absolute Gasteiger partial charge is 0.463 e. The molecule has 1 amide bonds. The number of benzene rings is 3. The Kier molecular flexibility index (Phi) is 15.8. The highest BCUT2D eigenvalue weighted by atomic mass is 19.1. The van der Waals surface area contributed by atoms with Crippen LogP contribution in [0.25, 0.3) is 22.4 Å². The first-order chi connectivity index (χ1) is 26.7. The first-order valence-electron chi connectivity index (χ1n) is 17.9. The second kappa shape index (κ2) is 20.7. The molecule has 0 aliphatic carbocycles. The van der Waals surface area contributed by atoms with Crippen molar-refractivity contribution in [1.82, 2.24) is 4.57 Å². The van der Waals surface area contributed by atoms with Crippen molar-refractivity contribution in [3.05, 3.63) is 122 Å². The standard InChI is InChI=1S/C39H45FN4O12/c1-25(2)37-36(39(48)41-30-12-8-5-9-13-30)35(27-10-6-4-7-11-27)38(28-14-16-29(40)17-15-28)42(37)19-18-31(45)22-32(46)23-34(47)54-21-20-53-24-33(56-44(51)52)26(3)55-43(49)50/h4-17,25-26,31-33,45-46H,18-24H2,1-3H3,(H,41,48)/t26?,31-,32-,33?/m1/s1. The van der Waals surface area contributed by atoms with Gasteiger partial charge in [-0.3, -0.25) is 9.59 Å². The van der Waals surface area contributed by atoms with E-state index in [2.05, 4.69) is 15.0 Å².